The van der Waals surface area contributed by atoms with Crippen LogP contribution in [0.2, 0.25) is 0 Å². The van der Waals surface area contributed by atoms with E-state index in [0.717, 1.165) is 10.5 Å². The second-order valence-corrected chi connectivity index (χ2v) is 7.17. The third-order valence-electron chi connectivity index (χ3n) is 5.33. The molecule has 2 aromatic carbocycles. The molecule has 6 heteroatoms. The minimum atomic E-state index is -0.613. The lowest BCUT2D eigenvalue weighted by molar-refractivity contribution is -0.120. The standard InChI is InChI=1S/C25H22FN3O2/c1-2-28(17-14-18-12-15-27-16-13-18)23-22(19-8-4-3-5-9-19)24(30)29(25(23)31)21-11-7-6-10-20(21)26/h3-13,15-16H,2,14,17H2,1H3. The monoisotopic (exact) mass is 415 g/mol. The Balaban J connectivity index is 1.76. The van der Waals surface area contributed by atoms with Crippen molar-refractivity contribution in [1.29, 1.82) is 0 Å². The van der Waals surface area contributed by atoms with Crippen molar-refractivity contribution in [3.63, 3.8) is 0 Å². The van der Waals surface area contributed by atoms with Crippen LogP contribution in [0.1, 0.15) is 18.1 Å². The second-order valence-electron chi connectivity index (χ2n) is 7.17. The van der Waals surface area contributed by atoms with Crippen LogP contribution in [0.15, 0.2) is 84.8 Å². The number of carbonyl (C=O) groups excluding carboxylic acids is 2. The molecule has 31 heavy (non-hydrogen) atoms. The van der Waals surface area contributed by atoms with Gasteiger partial charge in [0.1, 0.15) is 11.5 Å². The highest BCUT2D eigenvalue weighted by atomic mass is 19.1. The van der Waals surface area contributed by atoms with E-state index in [4.69, 9.17) is 0 Å². The number of hydrogen-bond donors (Lipinski definition) is 0. The summed E-state index contributed by atoms with van der Waals surface area (Å²) in [4.78, 5) is 33.8. The van der Waals surface area contributed by atoms with Crippen molar-refractivity contribution >= 4 is 23.1 Å². The third-order valence-corrected chi connectivity index (χ3v) is 5.33. The van der Waals surface area contributed by atoms with Crippen LogP contribution in [0.5, 0.6) is 0 Å². The van der Waals surface area contributed by atoms with E-state index < -0.39 is 17.6 Å². The molecule has 2 amide bonds. The topological polar surface area (TPSA) is 53.5 Å². The number of aromatic nitrogens is 1. The molecular formula is C25H22FN3O2. The van der Waals surface area contributed by atoms with Gasteiger partial charge in [0.2, 0.25) is 0 Å². The Labute approximate surface area is 180 Å². The van der Waals surface area contributed by atoms with Crippen molar-refractivity contribution in [2.45, 2.75) is 13.3 Å². The Bertz CT molecular complexity index is 1130. The number of anilines is 1. The lowest BCUT2D eigenvalue weighted by Gasteiger charge is -2.25. The van der Waals surface area contributed by atoms with Gasteiger partial charge in [-0.25, -0.2) is 9.29 Å². The highest BCUT2D eigenvalue weighted by molar-refractivity contribution is 6.45. The van der Waals surface area contributed by atoms with Crippen molar-refractivity contribution in [3.8, 4) is 0 Å². The van der Waals surface area contributed by atoms with E-state index in [2.05, 4.69) is 4.98 Å². The normalized spacial score (nSPS) is 13.8. The largest absolute Gasteiger partial charge is 0.366 e. The van der Waals surface area contributed by atoms with Gasteiger partial charge >= 0.3 is 0 Å². The van der Waals surface area contributed by atoms with Crippen LogP contribution in [0.3, 0.4) is 0 Å². The van der Waals surface area contributed by atoms with Gasteiger partial charge in [-0.05, 0) is 48.7 Å². The Morgan fingerprint density at radius 2 is 1.58 bits per heavy atom. The fraction of sp³-hybridized carbons (Fsp3) is 0.160. The summed E-state index contributed by atoms with van der Waals surface area (Å²) >= 11 is 0. The lowest BCUT2D eigenvalue weighted by atomic mass is 10.0. The van der Waals surface area contributed by atoms with E-state index in [-0.39, 0.29) is 5.69 Å². The van der Waals surface area contributed by atoms with E-state index in [0.29, 0.717) is 36.3 Å². The zero-order valence-electron chi connectivity index (χ0n) is 17.2. The maximum atomic E-state index is 14.5. The molecule has 1 aromatic heterocycles. The number of benzene rings is 2. The average Bonchev–Trinajstić information content (AvgIpc) is 3.06. The Morgan fingerprint density at radius 3 is 2.26 bits per heavy atom. The molecule has 0 N–H and O–H groups in total. The predicted octanol–water partition coefficient (Wildman–Crippen LogP) is 4.07. The molecule has 0 fully saturated rings. The average molecular weight is 415 g/mol. The second kappa shape index (κ2) is 8.92. The van der Waals surface area contributed by atoms with Gasteiger partial charge in [0.05, 0.1) is 11.3 Å². The van der Waals surface area contributed by atoms with E-state index in [1.165, 1.54) is 18.2 Å². The molecule has 156 valence electrons. The maximum Gasteiger partial charge on any atom is 0.282 e. The van der Waals surface area contributed by atoms with Gasteiger partial charge < -0.3 is 4.90 Å². The number of imide groups is 1. The van der Waals surface area contributed by atoms with Crippen LogP contribution >= 0.6 is 0 Å². The molecule has 1 aliphatic rings. The van der Waals surface area contributed by atoms with E-state index >= 15 is 0 Å². The van der Waals surface area contributed by atoms with Crippen LogP contribution in [-0.2, 0) is 16.0 Å². The number of para-hydroxylation sites is 1. The molecule has 0 radical (unpaired) electrons. The molecule has 0 aliphatic carbocycles. The summed E-state index contributed by atoms with van der Waals surface area (Å²) in [5, 5.41) is 0. The number of halogens is 1. The van der Waals surface area contributed by atoms with Crippen LogP contribution in [0.4, 0.5) is 10.1 Å². The van der Waals surface area contributed by atoms with Gasteiger partial charge in [0.15, 0.2) is 0 Å². The highest BCUT2D eigenvalue weighted by Gasteiger charge is 2.42. The van der Waals surface area contributed by atoms with Gasteiger partial charge in [0.25, 0.3) is 11.8 Å². The SMILES string of the molecule is CCN(CCc1ccncc1)C1=C(c2ccccc2)C(=O)N(c2ccccc2F)C1=O. The number of carbonyl (C=O) groups is 2. The summed E-state index contributed by atoms with van der Waals surface area (Å²) in [5.74, 6) is -1.64. The number of pyridine rings is 1. The molecule has 0 saturated heterocycles. The lowest BCUT2D eigenvalue weighted by Crippen LogP contribution is -2.36. The zero-order chi connectivity index (χ0) is 21.8. The Kier molecular flexibility index (Phi) is 5.89. The van der Waals surface area contributed by atoms with Gasteiger partial charge in [0, 0.05) is 25.5 Å². The summed E-state index contributed by atoms with van der Waals surface area (Å²) in [7, 11) is 0. The number of rotatable bonds is 7. The minimum absolute atomic E-state index is 0.0360. The van der Waals surface area contributed by atoms with Crippen molar-refractivity contribution in [2.24, 2.45) is 0 Å². The zero-order valence-corrected chi connectivity index (χ0v) is 17.2. The van der Waals surface area contributed by atoms with Crippen molar-refractivity contribution in [3.05, 3.63) is 102 Å². The molecule has 0 saturated carbocycles. The van der Waals surface area contributed by atoms with Crippen molar-refractivity contribution in [2.75, 3.05) is 18.0 Å². The third kappa shape index (κ3) is 3.97. The van der Waals surface area contributed by atoms with Gasteiger partial charge in [-0.2, -0.15) is 0 Å². The first-order valence-electron chi connectivity index (χ1n) is 10.2. The van der Waals surface area contributed by atoms with Crippen LogP contribution in [0.25, 0.3) is 5.57 Å². The molecule has 2 heterocycles. The van der Waals surface area contributed by atoms with Crippen molar-refractivity contribution in [1.82, 2.24) is 9.88 Å². The van der Waals surface area contributed by atoms with Crippen LogP contribution in [0, 0.1) is 5.82 Å². The first kappa shape index (κ1) is 20.5. The first-order chi connectivity index (χ1) is 15.1. The summed E-state index contributed by atoms with van der Waals surface area (Å²) < 4.78 is 14.5. The number of likely N-dealkylation sites (N-methyl/N-ethyl adjacent to an activating group) is 1. The van der Waals surface area contributed by atoms with Crippen molar-refractivity contribution < 1.29 is 14.0 Å². The number of amides is 2. The smallest absolute Gasteiger partial charge is 0.282 e. The van der Waals surface area contributed by atoms with Gasteiger partial charge in [-0.1, -0.05) is 42.5 Å². The summed E-state index contributed by atoms with van der Waals surface area (Å²) in [6.45, 7) is 3.00. The number of hydrogen-bond acceptors (Lipinski definition) is 4. The molecule has 0 unspecified atom stereocenters. The Morgan fingerprint density at radius 1 is 0.903 bits per heavy atom. The van der Waals surface area contributed by atoms with Gasteiger partial charge in [-0.3, -0.25) is 14.6 Å². The maximum absolute atomic E-state index is 14.5. The minimum Gasteiger partial charge on any atom is -0.366 e. The predicted molar refractivity (Wildman–Crippen MR) is 117 cm³/mol. The van der Waals surface area contributed by atoms with Crippen LogP contribution in [-0.4, -0.2) is 34.8 Å². The molecule has 3 aromatic rings. The molecule has 0 atom stereocenters. The molecular weight excluding hydrogens is 393 g/mol. The summed E-state index contributed by atoms with van der Waals surface area (Å²) in [5.41, 5.74) is 2.28. The fourth-order valence-electron chi connectivity index (χ4n) is 3.77. The summed E-state index contributed by atoms with van der Waals surface area (Å²) in [6.07, 6.45) is 4.14. The van der Waals surface area contributed by atoms with E-state index in [1.807, 2.05) is 42.2 Å². The van der Waals surface area contributed by atoms with E-state index in [1.54, 1.807) is 30.6 Å². The molecule has 0 spiro atoms. The Hall–Kier alpha value is -3.80. The number of nitrogens with zero attached hydrogens (tertiary/aromatic N) is 3. The molecule has 0 bridgehead atoms. The highest BCUT2D eigenvalue weighted by Crippen LogP contribution is 2.35. The first-order valence-corrected chi connectivity index (χ1v) is 10.2. The van der Waals surface area contributed by atoms with Crippen LogP contribution < -0.4 is 4.90 Å². The van der Waals surface area contributed by atoms with Gasteiger partial charge in [-0.15, -0.1) is 0 Å². The molecule has 5 nitrogen and oxygen atoms in total. The fourth-order valence-corrected chi connectivity index (χ4v) is 3.77. The molecule has 1 aliphatic heterocycles. The summed E-state index contributed by atoms with van der Waals surface area (Å²) in [6, 6.07) is 18.8. The molecule has 4 rings (SSSR count). The van der Waals surface area contributed by atoms with E-state index in [9.17, 15) is 14.0 Å². The quantitative estimate of drug-likeness (QED) is 0.546.